The molecule has 0 N–H and O–H groups in total. The summed E-state index contributed by atoms with van der Waals surface area (Å²) < 4.78 is 0.125. The smallest absolute Gasteiger partial charge is 0.0369 e. The lowest BCUT2D eigenvalue weighted by atomic mass is 10.2. The molecule has 0 heterocycles. The van der Waals surface area contributed by atoms with E-state index in [9.17, 15) is 0 Å². The van der Waals surface area contributed by atoms with Gasteiger partial charge in [-0.25, -0.2) is 0 Å². The fourth-order valence-corrected chi connectivity index (χ4v) is 3.75. The van der Waals surface area contributed by atoms with Crippen LogP contribution < -0.4 is 0 Å². The minimum Gasteiger partial charge on any atom is -0.125 e. The summed E-state index contributed by atoms with van der Waals surface area (Å²) in [6, 6.07) is 8.59. The maximum atomic E-state index is 5.97. The number of rotatable bonds is 6. The third-order valence-corrected chi connectivity index (χ3v) is 6.26. The zero-order chi connectivity index (χ0) is 13.8. The summed E-state index contributed by atoms with van der Waals surface area (Å²) in [7, 11) is 0. The molecule has 18 heavy (non-hydrogen) atoms. The van der Waals surface area contributed by atoms with Gasteiger partial charge >= 0.3 is 0 Å². The number of hydrogen-bond acceptors (Lipinski definition) is 2. The molecule has 0 aliphatic carbocycles. The molecule has 0 aliphatic rings. The van der Waals surface area contributed by atoms with Crippen molar-refractivity contribution in [3.63, 3.8) is 0 Å². The Morgan fingerprint density at radius 1 is 0.889 bits per heavy atom. The number of alkyl halides is 2. The normalized spacial score (nSPS) is 12.8. The molecule has 0 atom stereocenters. The third kappa shape index (κ3) is 5.64. The van der Waals surface area contributed by atoms with Crippen LogP contribution in [-0.4, -0.2) is 21.3 Å². The van der Waals surface area contributed by atoms with E-state index in [1.165, 1.54) is 9.79 Å². The van der Waals surface area contributed by atoms with Crippen molar-refractivity contribution in [2.45, 2.75) is 47.0 Å². The van der Waals surface area contributed by atoms with Crippen molar-refractivity contribution in [1.29, 1.82) is 0 Å². The zero-order valence-electron chi connectivity index (χ0n) is 11.3. The highest BCUT2D eigenvalue weighted by molar-refractivity contribution is 8.01. The third-order valence-electron chi connectivity index (χ3n) is 2.24. The fourth-order valence-electron chi connectivity index (χ4n) is 1.29. The van der Waals surface area contributed by atoms with Gasteiger partial charge in [-0.15, -0.1) is 46.7 Å². The number of thioether (sulfide) groups is 2. The van der Waals surface area contributed by atoms with Crippen LogP contribution in [0.25, 0.3) is 0 Å². The Morgan fingerprint density at radius 2 is 1.28 bits per heavy atom. The van der Waals surface area contributed by atoms with Gasteiger partial charge in [0, 0.05) is 31.0 Å². The molecule has 0 amide bonds. The first kappa shape index (κ1) is 16.6. The Morgan fingerprint density at radius 3 is 1.61 bits per heavy atom. The second kappa shape index (κ2) is 6.78. The van der Waals surface area contributed by atoms with E-state index in [4.69, 9.17) is 23.2 Å². The predicted molar refractivity (Wildman–Crippen MR) is 87.8 cm³/mol. The second-order valence-electron chi connectivity index (χ2n) is 5.47. The molecule has 4 heteroatoms. The first-order valence-corrected chi connectivity index (χ1v) is 8.58. The van der Waals surface area contributed by atoms with Crippen molar-refractivity contribution in [2.24, 2.45) is 0 Å². The first-order chi connectivity index (χ1) is 8.28. The summed E-state index contributed by atoms with van der Waals surface area (Å²) in [4.78, 5) is 2.52. The minimum atomic E-state index is 0.0623. The van der Waals surface area contributed by atoms with Crippen molar-refractivity contribution in [1.82, 2.24) is 0 Å². The van der Waals surface area contributed by atoms with Gasteiger partial charge in [0.1, 0.15) is 0 Å². The van der Waals surface area contributed by atoms with Crippen molar-refractivity contribution in [2.75, 3.05) is 11.8 Å². The van der Waals surface area contributed by atoms with Gasteiger partial charge in [-0.1, -0.05) is 6.07 Å². The minimum absolute atomic E-state index is 0.0623. The summed E-state index contributed by atoms with van der Waals surface area (Å²) in [5.74, 6) is 1.28. The van der Waals surface area contributed by atoms with Crippen LogP contribution in [0, 0.1) is 0 Å². The van der Waals surface area contributed by atoms with Crippen LogP contribution in [0.4, 0.5) is 0 Å². The molecule has 1 rings (SSSR count). The van der Waals surface area contributed by atoms with Crippen LogP contribution in [0.2, 0.25) is 0 Å². The molecule has 1 aromatic carbocycles. The molecule has 0 fully saturated rings. The summed E-state index contributed by atoms with van der Waals surface area (Å²) >= 11 is 15.6. The van der Waals surface area contributed by atoms with Gasteiger partial charge in [0.15, 0.2) is 0 Å². The number of halogens is 2. The lowest BCUT2D eigenvalue weighted by Crippen LogP contribution is -2.17. The average Bonchev–Trinajstić information content (AvgIpc) is 2.28. The van der Waals surface area contributed by atoms with Crippen molar-refractivity contribution in [3.8, 4) is 0 Å². The van der Waals surface area contributed by atoms with E-state index in [2.05, 4.69) is 52.0 Å². The van der Waals surface area contributed by atoms with Crippen LogP contribution in [0.15, 0.2) is 34.1 Å². The molecule has 0 spiro atoms. The zero-order valence-corrected chi connectivity index (χ0v) is 14.4. The molecule has 0 aliphatic heterocycles. The lowest BCUT2D eigenvalue weighted by Gasteiger charge is -2.23. The van der Waals surface area contributed by atoms with Crippen molar-refractivity contribution in [3.05, 3.63) is 24.3 Å². The Bertz CT molecular complexity index is 356. The summed E-state index contributed by atoms with van der Waals surface area (Å²) in [5, 5.41) is 0. The van der Waals surface area contributed by atoms with Gasteiger partial charge in [0.2, 0.25) is 0 Å². The first-order valence-electron chi connectivity index (χ1n) is 5.88. The predicted octanol–water partition coefficient (Wildman–Crippen LogP) is 5.91. The molecule has 0 radical (unpaired) electrons. The van der Waals surface area contributed by atoms with Crippen molar-refractivity contribution >= 4 is 46.7 Å². The maximum absolute atomic E-state index is 5.97. The topological polar surface area (TPSA) is 0 Å². The molecule has 0 nitrogen and oxygen atoms in total. The van der Waals surface area contributed by atoms with E-state index in [0.29, 0.717) is 11.8 Å². The number of benzene rings is 1. The molecule has 0 unspecified atom stereocenters. The molecular weight excluding hydrogens is 303 g/mol. The monoisotopic (exact) mass is 322 g/mol. The van der Waals surface area contributed by atoms with E-state index < -0.39 is 0 Å². The van der Waals surface area contributed by atoms with Crippen molar-refractivity contribution < 1.29 is 0 Å². The van der Waals surface area contributed by atoms with Gasteiger partial charge in [-0.05, 0) is 45.9 Å². The molecule has 0 aromatic heterocycles. The second-order valence-corrected chi connectivity index (χ2v) is 9.56. The largest absolute Gasteiger partial charge is 0.125 e. The van der Waals surface area contributed by atoms with E-state index in [-0.39, 0.29) is 9.49 Å². The Kier molecular flexibility index (Phi) is 6.24. The quantitative estimate of drug-likeness (QED) is 0.472. The Hall–Kier alpha value is 0.500. The standard InChI is InChI=1S/C14H20Cl2S2/c1-13(2,9-15)17-11-6-5-7-12(8-11)18-14(3,4)10-16/h5-8H,9-10H2,1-4H3. The van der Waals surface area contributed by atoms with Crippen LogP contribution in [0.5, 0.6) is 0 Å². The molecule has 0 bridgehead atoms. The van der Waals surface area contributed by atoms with Gasteiger partial charge in [-0.2, -0.15) is 0 Å². The van der Waals surface area contributed by atoms with E-state index >= 15 is 0 Å². The van der Waals surface area contributed by atoms with E-state index in [1.54, 1.807) is 0 Å². The SMILES string of the molecule is CC(C)(CCl)Sc1cccc(SC(C)(C)CCl)c1. The number of hydrogen-bond donors (Lipinski definition) is 0. The Balaban J connectivity index is 2.80. The molecule has 0 saturated heterocycles. The van der Waals surface area contributed by atoms with E-state index in [0.717, 1.165) is 0 Å². The van der Waals surface area contributed by atoms with Crippen LogP contribution >= 0.6 is 46.7 Å². The Labute approximate surface area is 129 Å². The van der Waals surface area contributed by atoms with Crippen LogP contribution in [0.3, 0.4) is 0 Å². The molecule has 1 aromatic rings. The fraction of sp³-hybridized carbons (Fsp3) is 0.571. The van der Waals surface area contributed by atoms with Crippen LogP contribution in [0.1, 0.15) is 27.7 Å². The summed E-state index contributed by atoms with van der Waals surface area (Å²) in [5.41, 5.74) is 0. The molecule has 102 valence electrons. The highest BCUT2D eigenvalue weighted by atomic mass is 35.5. The van der Waals surface area contributed by atoms with Gasteiger partial charge in [0.25, 0.3) is 0 Å². The highest BCUT2D eigenvalue weighted by Gasteiger charge is 2.20. The molecule has 0 saturated carbocycles. The summed E-state index contributed by atoms with van der Waals surface area (Å²) in [6.07, 6.45) is 0. The van der Waals surface area contributed by atoms with Gasteiger partial charge < -0.3 is 0 Å². The lowest BCUT2D eigenvalue weighted by molar-refractivity contribution is 0.808. The van der Waals surface area contributed by atoms with Gasteiger partial charge in [-0.3, -0.25) is 0 Å². The van der Waals surface area contributed by atoms with Crippen LogP contribution in [-0.2, 0) is 0 Å². The van der Waals surface area contributed by atoms with E-state index in [1.807, 2.05) is 23.5 Å². The van der Waals surface area contributed by atoms with Gasteiger partial charge in [0.05, 0.1) is 0 Å². The molecular formula is C14H20Cl2S2. The highest BCUT2D eigenvalue weighted by Crippen LogP contribution is 2.38. The maximum Gasteiger partial charge on any atom is 0.0369 e. The average molecular weight is 323 g/mol. The summed E-state index contributed by atoms with van der Waals surface area (Å²) in [6.45, 7) is 8.64.